The van der Waals surface area contributed by atoms with Crippen LogP contribution >= 0.6 is 0 Å². The van der Waals surface area contributed by atoms with Gasteiger partial charge in [0.05, 0.1) is 19.0 Å². The molecule has 72 valence electrons. The van der Waals surface area contributed by atoms with Crippen LogP contribution in [0.1, 0.15) is 0 Å². The van der Waals surface area contributed by atoms with E-state index < -0.39 is 0 Å². The van der Waals surface area contributed by atoms with E-state index in [0.29, 0.717) is 5.52 Å². The second-order valence-corrected chi connectivity index (χ2v) is 3.24. The van der Waals surface area contributed by atoms with Gasteiger partial charge in [0.2, 0.25) is 6.33 Å². The number of rotatable bonds is 1. The second kappa shape index (κ2) is 2.80. The number of nitro benzene ring substituents is 1. The van der Waals surface area contributed by atoms with Crippen molar-refractivity contribution in [2.24, 2.45) is 14.1 Å². The molecule has 0 aliphatic rings. The molecule has 0 saturated carbocycles. The van der Waals surface area contributed by atoms with Crippen LogP contribution in [0.5, 0.6) is 0 Å². The van der Waals surface area contributed by atoms with E-state index in [1.807, 2.05) is 24.0 Å². The number of nitrogens with zero attached hydrogens (tertiary/aromatic N) is 3. The van der Waals surface area contributed by atoms with Crippen LogP contribution in [0.25, 0.3) is 11.0 Å². The van der Waals surface area contributed by atoms with Crippen LogP contribution in [-0.4, -0.2) is 9.49 Å². The minimum Gasteiger partial charge on any atom is -0.258 e. The molecule has 1 heterocycles. The van der Waals surface area contributed by atoms with E-state index in [4.69, 9.17) is 0 Å². The number of para-hydroxylation sites is 1. The zero-order valence-corrected chi connectivity index (χ0v) is 7.97. The molecule has 2 rings (SSSR count). The van der Waals surface area contributed by atoms with Crippen molar-refractivity contribution in [3.63, 3.8) is 0 Å². The fourth-order valence-corrected chi connectivity index (χ4v) is 1.69. The zero-order chi connectivity index (χ0) is 10.3. The van der Waals surface area contributed by atoms with Crippen molar-refractivity contribution in [2.75, 3.05) is 0 Å². The third-order valence-corrected chi connectivity index (χ3v) is 2.27. The predicted octanol–water partition coefficient (Wildman–Crippen LogP) is 0.911. The molecule has 5 nitrogen and oxygen atoms in total. The molecular weight excluding hydrogens is 182 g/mol. The lowest BCUT2D eigenvalue weighted by Gasteiger charge is -1.91. The van der Waals surface area contributed by atoms with Crippen molar-refractivity contribution in [2.45, 2.75) is 0 Å². The van der Waals surface area contributed by atoms with Crippen LogP contribution < -0.4 is 4.57 Å². The molecule has 14 heavy (non-hydrogen) atoms. The Kier molecular flexibility index (Phi) is 1.73. The van der Waals surface area contributed by atoms with E-state index in [-0.39, 0.29) is 10.6 Å². The first kappa shape index (κ1) is 8.68. The lowest BCUT2D eigenvalue weighted by Crippen LogP contribution is -2.26. The lowest BCUT2D eigenvalue weighted by molar-refractivity contribution is -0.647. The van der Waals surface area contributed by atoms with Crippen LogP contribution in [0.3, 0.4) is 0 Å². The third kappa shape index (κ3) is 1.06. The highest BCUT2D eigenvalue weighted by molar-refractivity contribution is 5.81. The summed E-state index contributed by atoms with van der Waals surface area (Å²) in [6.45, 7) is 0. The van der Waals surface area contributed by atoms with Gasteiger partial charge < -0.3 is 0 Å². The maximum absolute atomic E-state index is 10.8. The minimum absolute atomic E-state index is 0.144. The fourth-order valence-electron chi connectivity index (χ4n) is 1.69. The van der Waals surface area contributed by atoms with Gasteiger partial charge in [-0.25, -0.2) is 9.13 Å². The molecule has 0 radical (unpaired) electrons. The number of imidazole rings is 1. The quantitative estimate of drug-likeness (QED) is 0.383. The van der Waals surface area contributed by atoms with Crippen LogP contribution in [-0.2, 0) is 14.1 Å². The Morgan fingerprint density at radius 1 is 1.50 bits per heavy atom. The van der Waals surface area contributed by atoms with Gasteiger partial charge in [-0.1, -0.05) is 6.07 Å². The molecule has 0 saturated heterocycles. The Labute approximate surface area is 80.3 Å². The topological polar surface area (TPSA) is 52.0 Å². The summed E-state index contributed by atoms with van der Waals surface area (Å²) < 4.78 is 3.62. The Hall–Kier alpha value is -1.91. The number of hydrogen-bond donors (Lipinski definition) is 0. The zero-order valence-electron chi connectivity index (χ0n) is 7.97. The van der Waals surface area contributed by atoms with Gasteiger partial charge in [-0.05, 0) is 6.07 Å². The van der Waals surface area contributed by atoms with Crippen LogP contribution in [0.15, 0.2) is 24.5 Å². The molecule has 0 aliphatic heterocycles. The molecule has 0 spiro atoms. The van der Waals surface area contributed by atoms with Crippen molar-refractivity contribution in [3.8, 4) is 0 Å². The molecule has 0 atom stereocenters. The maximum Gasteiger partial charge on any atom is 0.320 e. The Morgan fingerprint density at radius 3 is 2.86 bits per heavy atom. The summed E-state index contributed by atoms with van der Waals surface area (Å²) in [4.78, 5) is 10.4. The summed E-state index contributed by atoms with van der Waals surface area (Å²) >= 11 is 0. The van der Waals surface area contributed by atoms with Crippen molar-refractivity contribution >= 4 is 16.7 Å². The molecular formula is C9H10N3O2+. The largest absolute Gasteiger partial charge is 0.320 e. The van der Waals surface area contributed by atoms with Gasteiger partial charge in [-0.15, -0.1) is 0 Å². The summed E-state index contributed by atoms with van der Waals surface area (Å²) in [5.74, 6) is 0. The molecule has 0 unspecified atom stereocenters. The van der Waals surface area contributed by atoms with Gasteiger partial charge in [0.15, 0.2) is 5.52 Å². The Balaban J connectivity index is 2.92. The minimum atomic E-state index is -0.359. The van der Waals surface area contributed by atoms with Gasteiger partial charge in [-0.2, -0.15) is 0 Å². The van der Waals surface area contributed by atoms with Crippen molar-refractivity contribution in [1.29, 1.82) is 0 Å². The Morgan fingerprint density at radius 2 is 2.21 bits per heavy atom. The Bertz CT molecular complexity index is 516. The lowest BCUT2D eigenvalue weighted by atomic mass is 10.2. The van der Waals surface area contributed by atoms with E-state index in [0.717, 1.165) is 5.52 Å². The number of aryl methyl sites for hydroxylation is 2. The summed E-state index contributed by atoms with van der Waals surface area (Å²) in [6, 6.07) is 5.07. The molecule has 0 fully saturated rings. The number of hydrogen-bond acceptors (Lipinski definition) is 2. The predicted molar refractivity (Wildman–Crippen MR) is 50.7 cm³/mol. The number of nitro groups is 1. The molecule has 2 aromatic rings. The SMILES string of the molecule is Cn1c[n+](C)c2c([N+](=O)[O-])cccc21. The molecule has 0 bridgehead atoms. The van der Waals surface area contributed by atoms with E-state index >= 15 is 0 Å². The standard InChI is InChI=1S/C9H10N3O2/c1-10-6-11(2)9-7(10)4-3-5-8(9)12(13)14/h3-6H,1-2H3/q+1. The number of benzene rings is 1. The molecule has 5 heteroatoms. The van der Waals surface area contributed by atoms with Crippen molar-refractivity contribution < 1.29 is 9.49 Å². The van der Waals surface area contributed by atoms with Gasteiger partial charge in [-0.3, -0.25) is 10.1 Å². The highest BCUT2D eigenvalue weighted by Crippen LogP contribution is 2.21. The first-order valence-electron chi connectivity index (χ1n) is 4.19. The second-order valence-electron chi connectivity index (χ2n) is 3.24. The van der Waals surface area contributed by atoms with Gasteiger partial charge in [0, 0.05) is 6.07 Å². The summed E-state index contributed by atoms with van der Waals surface area (Å²) in [5.41, 5.74) is 1.66. The molecule has 0 N–H and O–H groups in total. The third-order valence-electron chi connectivity index (χ3n) is 2.27. The molecule has 0 amide bonds. The average Bonchev–Trinajstić information content (AvgIpc) is 2.43. The summed E-state index contributed by atoms with van der Waals surface area (Å²) in [6.07, 6.45) is 1.82. The number of non-ortho nitro benzene ring substituents is 1. The summed E-state index contributed by atoms with van der Waals surface area (Å²) in [5, 5.41) is 10.8. The van der Waals surface area contributed by atoms with Crippen molar-refractivity contribution in [1.82, 2.24) is 4.57 Å². The number of aromatic nitrogens is 2. The van der Waals surface area contributed by atoms with Gasteiger partial charge >= 0.3 is 5.69 Å². The van der Waals surface area contributed by atoms with Gasteiger partial charge in [0.1, 0.15) is 0 Å². The van der Waals surface area contributed by atoms with Crippen molar-refractivity contribution in [3.05, 3.63) is 34.6 Å². The van der Waals surface area contributed by atoms with E-state index in [2.05, 4.69) is 0 Å². The summed E-state index contributed by atoms with van der Waals surface area (Å²) in [7, 11) is 3.67. The number of fused-ring (bicyclic) bond motifs is 1. The van der Waals surface area contributed by atoms with Gasteiger partial charge in [0.25, 0.3) is 5.52 Å². The normalized spacial score (nSPS) is 10.7. The highest BCUT2D eigenvalue weighted by atomic mass is 16.6. The molecule has 0 aliphatic carbocycles. The monoisotopic (exact) mass is 192 g/mol. The van der Waals surface area contributed by atoms with E-state index in [9.17, 15) is 10.1 Å². The maximum atomic E-state index is 10.8. The average molecular weight is 192 g/mol. The smallest absolute Gasteiger partial charge is 0.258 e. The van der Waals surface area contributed by atoms with Crippen LogP contribution in [0.4, 0.5) is 5.69 Å². The molecule has 1 aromatic carbocycles. The molecule has 1 aromatic heterocycles. The first-order chi connectivity index (χ1) is 6.61. The first-order valence-corrected chi connectivity index (χ1v) is 4.19. The highest BCUT2D eigenvalue weighted by Gasteiger charge is 2.21. The van der Waals surface area contributed by atoms with E-state index in [1.54, 1.807) is 17.7 Å². The van der Waals surface area contributed by atoms with E-state index in [1.165, 1.54) is 6.07 Å². The van der Waals surface area contributed by atoms with Crippen LogP contribution in [0.2, 0.25) is 0 Å². The van der Waals surface area contributed by atoms with Crippen LogP contribution in [0, 0.1) is 10.1 Å². The fraction of sp³-hybridized carbons (Fsp3) is 0.222.